The van der Waals surface area contributed by atoms with Crippen molar-refractivity contribution in [3.05, 3.63) is 30.1 Å². The normalized spacial score (nSPS) is 6.29. The molecule has 0 N–H and O–H groups in total. The van der Waals surface area contributed by atoms with Crippen LogP contribution in [0.4, 0.5) is 0 Å². The third-order valence-electron chi connectivity index (χ3n) is 0.667. The van der Waals surface area contributed by atoms with E-state index in [0.717, 1.165) is 0 Å². The van der Waals surface area contributed by atoms with Crippen molar-refractivity contribution in [2.75, 3.05) is 0 Å². The van der Waals surface area contributed by atoms with E-state index in [4.69, 9.17) is 0 Å². The van der Waals surface area contributed by atoms with Gasteiger partial charge in [-0.1, -0.05) is 0 Å². The Kier molecular flexibility index (Phi) is 4.46. The van der Waals surface area contributed by atoms with Crippen molar-refractivity contribution >= 4 is 30.0 Å². The Morgan fingerprint density at radius 3 is 1.71 bits per heavy atom. The van der Waals surface area contributed by atoms with E-state index in [9.17, 15) is 0 Å². The zero-order chi connectivity index (χ0) is 4.24. The molecule has 2 heteroatoms. The summed E-state index contributed by atoms with van der Waals surface area (Å²) in [7, 11) is 0. The van der Waals surface area contributed by atoms with E-state index < -0.39 is 0 Å². The fraction of sp³-hybridized carbons (Fsp3) is 0. The average Bonchev–Trinajstić information content (AvgIpc) is 1.72. The van der Waals surface area contributed by atoms with Crippen LogP contribution in [0.5, 0.6) is 0 Å². The van der Waals surface area contributed by atoms with E-state index in [0.29, 0.717) is 0 Å². The van der Waals surface area contributed by atoms with Crippen LogP contribution in [0.15, 0.2) is 30.1 Å². The van der Waals surface area contributed by atoms with Gasteiger partial charge in [0.2, 0.25) is 0 Å². The summed E-state index contributed by atoms with van der Waals surface area (Å²) in [6.07, 6.45) is 0. The Balaban J connectivity index is 0. The van der Waals surface area contributed by atoms with Crippen molar-refractivity contribution < 1.29 is 1.43 Å². The molecule has 7 heavy (non-hydrogen) atoms. The first-order valence-corrected chi connectivity index (χ1v) is 2.00. The SMILES string of the molecule is [HH].[MgH2].b1ccccc1. The third kappa shape index (κ3) is 2.83. The van der Waals surface area contributed by atoms with Gasteiger partial charge in [-0.05, 0) is 0 Å². The summed E-state index contributed by atoms with van der Waals surface area (Å²) in [5, 5.41) is 0. The molecule has 1 heterocycles. The molecule has 0 unspecified atom stereocenters. The Labute approximate surface area is 61.8 Å². The molecule has 0 spiro atoms. The number of hydrogen-bond acceptors (Lipinski definition) is 0. The third-order valence-corrected chi connectivity index (χ3v) is 0.667. The van der Waals surface area contributed by atoms with Crippen LogP contribution in [0.25, 0.3) is 0 Å². The molecule has 0 fully saturated rings. The van der Waals surface area contributed by atoms with E-state index in [2.05, 4.69) is 0 Å². The van der Waals surface area contributed by atoms with Gasteiger partial charge < -0.3 is 0 Å². The van der Waals surface area contributed by atoms with Gasteiger partial charge in [0.25, 0.3) is 0 Å². The predicted octanol–water partition coefficient (Wildman–Crippen LogP) is 0.354. The van der Waals surface area contributed by atoms with Crippen molar-refractivity contribution in [1.82, 2.24) is 0 Å². The fourth-order valence-corrected chi connectivity index (χ4v) is 0.385. The summed E-state index contributed by atoms with van der Waals surface area (Å²) in [4.78, 5) is 0. The van der Waals surface area contributed by atoms with Crippen LogP contribution < -0.4 is 0 Å². The van der Waals surface area contributed by atoms with Gasteiger partial charge >= 0.3 is 60.1 Å². The Morgan fingerprint density at radius 1 is 1.00 bits per heavy atom. The standard InChI is InChI=1S/C5H5B.Mg.H2.2H/c1-2-4-6-5-3-1;;;;/h1-5H;;1H;;. The van der Waals surface area contributed by atoms with E-state index in [-0.39, 0.29) is 24.5 Å². The zero-order valence-corrected chi connectivity index (χ0v) is 3.46. The molecule has 0 saturated heterocycles. The molecule has 1 rings (SSSR count). The van der Waals surface area contributed by atoms with Gasteiger partial charge in [-0.25, -0.2) is 0 Å². The van der Waals surface area contributed by atoms with Crippen LogP contribution in [0.1, 0.15) is 1.43 Å². The molecule has 0 aromatic carbocycles. The molecule has 1 aromatic heterocycles. The van der Waals surface area contributed by atoms with Gasteiger partial charge in [0, 0.05) is 1.43 Å². The molecule has 0 amide bonds. The van der Waals surface area contributed by atoms with Crippen LogP contribution in [0.3, 0.4) is 0 Å². The molecule has 0 radical (unpaired) electrons. The maximum atomic E-state index is 2.00. The fourth-order valence-electron chi connectivity index (χ4n) is 0.385. The Morgan fingerprint density at radius 2 is 1.57 bits per heavy atom. The molecule has 0 saturated carbocycles. The van der Waals surface area contributed by atoms with E-state index >= 15 is 0 Å². The number of hydrogen-bond donors (Lipinski definition) is 0. The summed E-state index contributed by atoms with van der Waals surface area (Å²) in [5.41, 5.74) is 0. The molecule has 0 aliphatic carbocycles. The van der Waals surface area contributed by atoms with Crippen LogP contribution in [-0.4, -0.2) is 30.0 Å². The first-order chi connectivity index (χ1) is 3.00. The zero-order valence-electron chi connectivity index (χ0n) is 3.46. The van der Waals surface area contributed by atoms with Crippen LogP contribution in [0, 0.1) is 0 Å². The first kappa shape index (κ1) is 7.18. The topological polar surface area (TPSA) is 0 Å². The molecule has 1 aromatic rings. The molecule has 0 aliphatic rings. The molecule has 0 atom stereocenters. The second kappa shape index (κ2) is 4.34. The summed E-state index contributed by atoms with van der Waals surface area (Å²) in [6.45, 7) is 2.00. The first-order valence-electron chi connectivity index (χ1n) is 2.00. The van der Waals surface area contributed by atoms with Crippen molar-refractivity contribution in [2.24, 2.45) is 0 Å². The molecule has 0 aliphatic heterocycles. The second-order valence-corrected chi connectivity index (χ2v) is 1.15. The van der Waals surface area contributed by atoms with E-state index in [1.54, 1.807) is 0 Å². The van der Waals surface area contributed by atoms with Crippen LogP contribution in [-0.2, 0) is 0 Å². The van der Waals surface area contributed by atoms with Gasteiger partial charge in [0.15, 0.2) is 0 Å². The predicted molar refractivity (Wildman–Crippen MR) is 38.4 cm³/mol. The minimum atomic E-state index is 0. The van der Waals surface area contributed by atoms with E-state index in [1.807, 2.05) is 37.0 Å². The van der Waals surface area contributed by atoms with Crippen molar-refractivity contribution in [1.29, 1.82) is 0 Å². The van der Waals surface area contributed by atoms with Gasteiger partial charge in [-0.15, -0.1) is 0 Å². The number of rotatable bonds is 0. The average molecular weight is 104 g/mol. The Hall–Kier alpha value is 0.181. The molecule has 0 nitrogen and oxygen atoms in total. The maximum absolute atomic E-state index is 2.00. The summed E-state index contributed by atoms with van der Waals surface area (Å²) < 4.78 is 0. The van der Waals surface area contributed by atoms with Crippen molar-refractivity contribution in [2.45, 2.75) is 0 Å². The molecular weight excluding hydrogens is 95.2 g/mol. The van der Waals surface area contributed by atoms with E-state index in [1.165, 1.54) is 0 Å². The van der Waals surface area contributed by atoms with Gasteiger partial charge in [-0.2, -0.15) is 0 Å². The second-order valence-electron chi connectivity index (χ2n) is 1.15. The van der Waals surface area contributed by atoms with Gasteiger partial charge in [0.1, 0.15) is 0 Å². The molecular formula is C5H9BMg. The van der Waals surface area contributed by atoms with Crippen molar-refractivity contribution in [3.63, 3.8) is 0 Å². The van der Waals surface area contributed by atoms with Gasteiger partial charge in [-0.3, -0.25) is 0 Å². The summed E-state index contributed by atoms with van der Waals surface area (Å²) >= 11 is 0. The minimum absolute atomic E-state index is 0. The molecule has 0 bridgehead atoms. The van der Waals surface area contributed by atoms with Crippen molar-refractivity contribution in [3.8, 4) is 0 Å². The Bertz CT molecular complexity index is 84.4. The van der Waals surface area contributed by atoms with Crippen LogP contribution in [0.2, 0.25) is 0 Å². The molecule has 34 valence electrons. The summed E-state index contributed by atoms with van der Waals surface area (Å²) in [6, 6.07) is 6.00. The van der Waals surface area contributed by atoms with Crippen LogP contribution >= 0.6 is 0 Å². The quantitative estimate of drug-likeness (QED) is 0.417. The monoisotopic (exact) mass is 104 g/mol. The summed E-state index contributed by atoms with van der Waals surface area (Å²) in [5.74, 6) is 4.00. The van der Waals surface area contributed by atoms with Gasteiger partial charge in [0.05, 0.1) is 0 Å².